The van der Waals surface area contributed by atoms with Crippen LogP contribution in [0.2, 0.25) is 0 Å². The Morgan fingerprint density at radius 1 is 1.52 bits per heavy atom. The zero-order chi connectivity index (χ0) is 15.4. The minimum absolute atomic E-state index is 0.310. The number of halogens is 2. The average molecular weight is 357 g/mol. The lowest BCUT2D eigenvalue weighted by atomic mass is 10.0. The fourth-order valence-electron chi connectivity index (χ4n) is 2.22. The van der Waals surface area contributed by atoms with Crippen molar-refractivity contribution < 1.29 is 9.13 Å². The van der Waals surface area contributed by atoms with Crippen molar-refractivity contribution in [2.24, 2.45) is 5.84 Å². The first-order valence-corrected chi connectivity index (χ1v) is 7.30. The van der Waals surface area contributed by atoms with Gasteiger partial charge in [0.05, 0.1) is 35.6 Å². The molecule has 2 rings (SSSR count). The molecule has 21 heavy (non-hydrogen) atoms. The molecule has 114 valence electrons. The smallest absolute Gasteiger partial charge is 0.128 e. The summed E-state index contributed by atoms with van der Waals surface area (Å²) in [6.07, 6.45) is 1.67. The summed E-state index contributed by atoms with van der Waals surface area (Å²) in [5.41, 5.74) is 4.89. The number of nitrogens with one attached hydrogen (secondary N) is 1. The fraction of sp³-hybridized carbons (Fsp3) is 0.357. The van der Waals surface area contributed by atoms with Crippen molar-refractivity contribution in [2.45, 2.75) is 19.5 Å². The molecule has 0 aliphatic rings. The first-order chi connectivity index (χ1) is 10.1. The summed E-state index contributed by atoms with van der Waals surface area (Å²) in [4.78, 5) is 0. The van der Waals surface area contributed by atoms with Crippen LogP contribution < -0.4 is 11.3 Å². The third-order valence-corrected chi connectivity index (χ3v) is 3.85. The predicted molar refractivity (Wildman–Crippen MR) is 82.1 cm³/mol. The highest BCUT2D eigenvalue weighted by Crippen LogP contribution is 2.30. The van der Waals surface area contributed by atoms with Crippen molar-refractivity contribution in [1.29, 1.82) is 0 Å². The topological polar surface area (TPSA) is 65.1 Å². The third kappa shape index (κ3) is 3.49. The molecule has 0 aliphatic heterocycles. The minimum Gasteiger partial charge on any atom is -0.383 e. The Labute approximate surface area is 131 Å². The molecular weight excluding hydrogens is 339 g/mol. The van der Waals surface area contributed by atoms with E-state index >= 15 is 0 Å². The van der Waals surface area contributed by atoms with Gasteiger partial charge in [0.25, 0.3) is 0 Å². The maximum Gasteiger partial charge on any atom is 0.128 e. The molecule has 0 saturated carbocycles. The maximum atomic E-state index is 14.1. The van der Waals surface area contributed by atoms with Crippen LogP contribution in [0.1, 0.15) is 22.9 Å². The standard InChI is InChI=1S/C14H18BrFN4O/c1-9-3-4-12(16)10(7-9)13(19-17)14-11(15)8-18-20(14)5-6-21-2/h3-4,7-8,13,19H,5-6,17H2,1-2H3. The lowest BCUT2D eigenvalue weighted by Crippen LogP contribution is -2.32. The lowest BCUT2D eigenvalue weighted by molar-refractivity contribution is 0.182. The van der Waals surface area contributed by atoms with Crippen LogP contribution in [-0.2, 0) is 11.3 Å². The molecule has 1 heterocycles. The van der Waals surface area contributed by atoms with Gasteiger partial charge >= 0.3 is 0 Å². The molecule has 0 aliphatic carbocycles. The van der Waals surface area contributed by atoms with Gasteiger partial charge in [-0.05, 0) is 28.9 Å². The van der Waals surface area contributed by atoms with Crippen LogP contribution in [0.3, 0.4) is 0 Å². The summed E-state index contributed by atoms with van der Waals surface area (Å²) in [7, 11) is 1.62. The maximum absolute atomic E-state index is 14.1. The number of hydrogen-bond acceptors (Lipinski definition) is 4. The fourth-order valence-corrected chi connectivity index (χ4v) is 2.74. The van der Waals surface area contributed by atoms with Crippen LogP contribution in [-0.4, -0.2) is 23.5 Å². The molecule has 1 atom stereocenters. The van der Waals surface area contributed by atoms with E-state index in [1.807, 2.05) is 6.92 Å². The Balaban J connectivity index is 2.46. The van der Waals surface area contributed by atoms with Crippen LogP contribution in [0.4, 0.5) is 4.39 Å². The van der Waals surface area contributed by atoms with E-state index in [1.165, 1.54) is 6.07 Å². The van der Waals surface area contributed by atoms with E-state index in [1.54, 1.807) is 30.1 Å². The van der Waals surface area contributed by atoms with E-state index in [9.17, 15) is 4.39 Å². The first-order valence-electron chi connectivity index (χ1n) is 6.50. The van der Waals surface area contributed by atoms with Crippen molar-refractivity contribution in [3.05, 3.63) is 51.5 Å². The van der Waals surface area contributed by atoms with E-state index in [4.69, 9.17) is 10.6 Å². The van der Waals surface area contributed by atoms with Gasteiger partial charge in [-0.1, -0.05) is 17.7 Å². The molecule has 1 aromatic heterocycles. The van der Waals surface area contributed by atoms with Crippen LogP contribution in [0, 0.1) is 12.7 Å². The van der Waals surface area contributed by atoms with Gasteiger partial charge in [-0.15, -0.1) is 0 Å². The summed E-state index contributed by atoms with van der Waals surface area (Å²) in [6.45, 7) is 2.98. The third-order valence-electron chi connectivity index (χ3n) is 3.24. The molecule has 1 aromatic carbocycles. The Bertz CT molecular complexity index is 617. The Kier molecular flexibility index (Phi) is 5.46. The van der Waals surface area contributed by atoms with E-state index in [2.05, 4.69) is 26.5 Å². The lowest BCUT2D eigenvalue weighted by Gasteiger charge is -2.20. The molecule has 0 spiro atoms. The van der Waals surface area contributed by atoms with Crippen molar-refractivity contribution in [1.82, 2.24) is 15.2 Å². The van der Waals surface area contributed by atoms with E-state index < -0.39 is 6.04 Å². The molecule has 3 N–H and O–H groups in total. The first kappa shape index (κ1) is 16.1. The van der Waals surface area contributed by atoms with Gasteiger partial charge < -0.3 is 4.74 Å². The number of nitrogens with two attached hydrogens (primary N) is 1. The monoisotopic (exact) mass is 356 g/mol. The average Bonchev–Trinajstić information content (AvgIpc) is 2.83. The summed E-state index contributed by atoms with van der Waals surface area (Å²) < 4.78 is 21.7. The summed E-state index contributed by atoms with van der Waals surface area (Å²) in [5, 5.41) is 4.27. The van der Waals surface area contributed by atoms with Gasteiger partial charge in [0.1, 0.15) is 5.82 Å². The minimum atomic E-state index is -0.501. The molecule has 1 unspecified atom stereocenters. The molecular formula is C14H18BrFN4O. The number of hydrogen-bond donors (Lipinski definition) is 2. The summed E-state index contributed by atoms with van der Waals surface area (Å²) >= 11 is 3.45. The van der Waals surface area contributed by atoms with E-state index in [0.717, 1.165) is 15.7 Å². The summed E-state index contributed by atoms with van der Waals surface area (Å²) in [6, 6.07) is 4.45. The zero-order valence-corrected chi connectivity index (χ0v) is 13.5. The SMILES string of the molecule is COCCn1ncc(Br)c1C(NN)c1cc(C)ccc1F. The second kappa shape index (κ2) is 7.13. The Hall–Kier alpha value is -1.28. The highest BCUT2D eigenvalue weighted by molar-refractivity contribution is 9.10. The molecule has 0 amide bonds. The number of methoxy groups -OCH3 is 1. The van der Waals surface area contributed by atoms with Gasteiger partial charge in [-0.25, -0.2) is 9.82 Å². The van der Waals surface area contributed by atoms with Gasteiger partial charge in [0.2, 0.25) is 0 Å². The van der Waals surface area contributed by atoms with Gasteiger partial charge in [-0.3, -0.25) is 10.5 Å². The molecule has 0 bridgehead atoms. The molecule has 0 fully saturated rings. The highest BCUT2D eigenvalue weighted by atomic mass is 79.9. The largest absolute Gasteiger partial charge is 0.383 e. The second-order valence-electron chi connectivity index (χ2n) is 4.72. The second-order valence-corrected chi connectivity index (χ2v) is 5.57. The zero-order valence-electron chi connectivity index (χ0n) is 11.9. The van der Waals surface area contributed by atoms with Gasteiger partial charge in [0, 0.05) is 12.7 Å². The number of rotatable bonds is 6. The van der Waals surface area contributed by atoms with Crippen LogP contribution in [0.5, 0.6) is 0 Å². The predicted octanol–water partition coefficient (Wildman–Crippen LogP) is 2.29. The molecule has 2 aromatic rings. The number of ether oxygens (including phenoxy) is 1. The number of aromatic nitrogens is 2. The van der Waals surface area contributed by atoms with Crippen molar-refractivity contribution >= 4 is 15.9 Å². The van der Waals surface area contributed by atoms with Gasteiger partial charge in [0.15, 0.2) is 0 Å². The number of hydrazine groups is 1. The van der Waals surface area contributed by atoms with Crippen LogP contribution >= 0.6 is 15.9 Å². The Morgan fingerprint density at radius 2 is 2.29 bits per heavy atom. The van der Waals surface area contributed by atoms with Gasteiger partial charge in [-0.2, -0.15) is 5.10 Å². The molecule has 0 saturated heterocycles. The normalized spacial score (nSPS) is 12.6. The van der Waals surface area contributed by atoms with Crippen molar-refractivity contribution in [3.8, 4) is 0 Å². The van der Waals surface area contributed by atoms with Crippen LogP contribution in [0.25, 0.3) is 0 Å². The van der Waals surface area contributed by atoms with Crippen molar-refractivity contribution in [3.63, 3.8) is 0 Å². The quantitative estimate of drug-likeness (QED) is 0.615. The molecule has 7 heteroatoms. The number of aryl methyl sites for hydroxylation is 1. The van der Waals surface area contributed by atoms with E-state index in [0.29, 0.717) is 18.7 Å². The van der Waals surface area contributed by atoms with E-state index in [-0.39, 0.29) is 5.82 Å². The Morgan fingerprint density at radius 3 is 2.95 bits per heavy atom. The van der Waals surface area contributed by atoms with Crippen LogP contribution in [0.15, 0.2) is 28.9 Å². The highest BCUT2D eigenvalue weighted by Gasteiger charge is 2.23. The summed E-state index contributed by atoms with van der Waals surface area (Å²) in [5.74, 6) is 5.36. The van der Waals surface area contributed by atoms with Crippen molar-refractivity contribution in [2.75, 3.05) is 13.7 Å². The number of nitrogens with zero attached hydrogens (tertiary/aromatic N) is 2. The molecule has 5 nitrogen and oxygen atoms in total. The molecule has 0 radical (unpaired) electrons. The number of benzene rings is 1.